The second kappa shape index (κ2) is 6.15. The molecule has 1 aliphatic heterocycles. The van der Waals surface area contributed by atoms with E-state index in [1.807, 2.05) is 31.2 Å². The maximum atomic E-state index is 12.4. The number of aromatic nitrogens is 1. The minimum Gasteiger partial charge on any atom is -0.313 e. The summed E-state index contributed by atoms with van der Waals surface area (Å²) < 4.78 is 0. The van der Waals surface area contributed by atoms with Gasteiger partial charge in [0.25, 0.3) is 0 Å². The topological polar surface area (TPSA) is 65.5 Å². The maximum absolute atomic E-state index is 12.4. The number of hydrogen-bond donors (Lipinski definition) is 1. The summed E-state index contributed by atoms with van der Waals surface area (Å²) in [6, 6.07) is 7.65. The molecule has 7 heteroatoms. The zero-order valence-electron chi connectivity index (χ0n) is 12.2. The van der Waals surface area contributed by atoms with Crippen LogP contribution in [0.3, 0.4) is 0 Å². The summed E-state index contributed by atoms with van der Waals surface area (Å²) in [5, 5.41) is 5.02. The minimum absolute atomic E-state index is 0.0424. The van der Waals surface area contributed by atoms with Crippen molar-refractivity contribution in [2.45, 2.75) is 6.92 Å². The first kappa shape index (κ1) is 14.5. The number of hydrogen-bond acceptors (Lipinski definition) is 4. The van der Waals surface area contributed by atoms with E-state index in [0.717, 1.165) is 11.3 Å². The largest absolute Gasteiger partial charge is 0.325 e. The van der Waals surface area contributed by atoms with Gasteiger partial charge in [-0.15, -0.1) is 11.3 Å². The fraction of sp³-hybridized carbons (Fsp3) is 0.267. The van der Waals surface area contributed by atoms with E-state index in [1.165, 1.54) is 11.3 Å². The van der Waals surface area contributed by atoms with E-state index in [9.17, 15) is 9.59 Å². The van der Waals surface area contributed by atoms with Crippen LogP contribution in [0.5, 0.6) is 0 Å². The third-order valence-electron chi connectivity index (χ3n) is 3.45. The molecule has 6 nitrogen and oxygen atoms in total. The van der Waals surface area contributed by atoms with Crippen molar-refractivity contribution >= 4 is 34.1 Å². The predicted molar refractivity (Wildman–Crippen MR) is 86.2 cm³/mol. The summed E-state index contributed by atoms with van der Waals surface area (Å²) in [5.41, 5.74) is 2.01. The molecule has 22 heavy (non-hydrogen) atoms. The molecule has 0 atom stereocenters. The van der Waals surface area contributed by atoms with E-state index in [0.29, 0.717) is 18.2 Å². The van der Waals surface area contributed by atoms with Crippen LogP contribution in [0, 0.1) is 6.92 Å². The molecule has 0 radical (unpaired) electrons. The molecule has 1 aromatic heterocycles. The van der Waals surface area contributed by atoms with Crippen LogP contribution in [-0.4, -0.2) is 41.5 Å². The smallest absolute Gasteiger partial charge is 0.313 e. The minimum atomic E-state index is -0.228. The van der Waals surface area contributed by atoms with Gasteiger partial charge >= 0.3 is 6.03 Å². The predicted octanol–water partition coefficient (Wildman–Crippen LogP) is 2.33. The standard InChI is InChI=1S/C15H16N4O2S/c1-11-2-4-12(5-3-11)19-8-7-18(15(19)21)10-13(20)17-14-16-6-9-22-14/h2-6,9H,7-8,10H2,1H3,(H,16,17,20). The number of rotatable bonds is 4. The number of carbonyl (C=O) groups is 2. The molecular weight excluding hydrogens is 300 g/mol. The molecule has 0 saturated carbocycles. The molecule has 0 unspecified atom stereocenters. The van der Waals surface area contributed by atoms with Gasteiger partial charge in [-0.3, -0.25) is 9.69 Å². The van der Waals surface area contributed by atoms with Crippen LogP contribution in [0.25, 0.3) is 0 Å². The summed E-state index contributed by atoms with van der Waals surface area (Å²) in [4.78, 5) is 31.6. The number of nitrogens with zero attached hydrogens (tertiary/aromatic N) is 3. The van der Waals surface area contributed by atoms with Gasteiger partial charge in [-0.05, 0) is 19.1 Å². The molecular formula is C15H16N4O2S. The van der Waals surface area contributed by atoms with Crippen LogP contribution < -0.4 is 10.2 Å². The van der Waals surface area contributed by atoms with Crippen molar-refractivity contribution in [1.29, 1.82) is 0 Å². The number of amides is 3. The average Bonchev–Trinajstić information content (AvgIpc) is 3.11. The summed E-state index contributed by atoms with van der Waals surface area (Å²) in [5.74, 6) is -0.228. The van der Waals surface area contributed by atoms with Crippen molar-refractivity contribution in [3.05, 3.63) is 41.4 Å². The number of anilines is 2. The summed E-state index contributed by atoms with van der Waals surface area (Å²) >= 11 is 1.35. The second-order valence-corrected chi connectivity index (χ2v) is 5.97. The van der Waals surface area contributed by atoms with Crippen molar-refractivity contribution in [2.24, 2.45) is 0 Å². The van der Waals surface area contributed by atoms with Crippen LogP contribution in [0.15, 0.2) is 35.8 Å². The van der Waals surface area contributed by atoms with Crippen LogP contribution in [0.4, 0.5) is 15.6 Å². The SMILES string of the molecule is Cc1ccc(N2CCN(CC(=O)Nc3nccs3)C2=O)cc1. The van der Waals surface area contributed by atoms with E-state index in [1.54, 1.807) is 21.4 Å². The Morgan fingerprint density at radius 1 is 1.32 bits per heavy atom. The Kier molecular flexibility index (Phi) is 4.06. The lowest BCUT2D eigenvalue weighted by atomic mass is 10.2. The summed E-state index contributed by atoms with van der Waals surface area (Å²) in [6.07, 6.45) is 1.63. The van der Waals surface area contributed by atoms with E-state index < -0.39 is 0 Å². The summed E-state index contributed by atoms with van der Waals surface area (Å²) in [6.45, 7) is 3.18. The highest BCUT2D eigenvalue weighted by molar-refractivity contribution is 7.13. The van der Waals surface area contributed by atoms with Crippen molar-refractivity contribution in [3.63, 3.8) is 0 Å². The number of thiazole rings is 1. The summed E-state index contributed by atoms with van der Waals surface area (Å²) in [7, 11) is 0. The van der Waals surface area contributed by atoms with Crippen LogP contribution >= 0.6 is 11.3 Å². The maximum Gasteiger partial charge on any atom is 0.325 e. The number of nitrogens with one attached hydrogen (secondary N) is 1. The lowest BCUT2D eigenvalue weighted by Crippen LogP contribution is -2.37. The van der Waals surface area contributed by atoms with Gasteiger partial charge in [-0.1, -0.05) is 17.7 Å². The highest BCUT2D eigenvalue weighted by atomic mass is 32.1. The molecule has 3 amide bonds. The van der Waals surface area contributed by atoms with Crippen LogP contribution in [-0.2, 0) is 4.79 Å². The van der Waals surface area contributed by atoms with Crippen LogP contribution in [0.2, 0.25) is 0 Å². The van der Waals surface area contributed by atoms with Gasteiger partial charge < -0.3 is 10.2 Å². The molecule has 1 aromatic carbocycles. The molecule has 0 aliphatic carbocycles. The molecule has 0 bridgehead atoms. The fourth-order valence-electron chi connectivity index (χ4n) is 2.31. The highest BCUT2D eigenvalue weighted by Crippen LogP contribution is 2.20. The molecule has 3 rings (SSSR count). The number of carbonyl (C=O) groups excluding carboxylic acids is 2. The van der Waals surface area contributed by atoms with Crippen LogP contribution in [0.1, 0.15) is 5.56 Å². The molecule has 2 aromatic rings. The molecule has 2 heterocycles. The van der Waals surface area contributed by atoms with E-state index in [-0.39, 0.29) is 18.5 Å². The Hall–Kier alpha value is -2.41. The molecule has 1 saturated heterocycles. The average molecular weight is 316 g/mol. The van der Waals surface area contributed by atoms with Crippen molar-refractivity contribution in [3.8, 4) is 0 Å². The number of aryl methyl sites for hydroxylation is 1. The third kappa shape index (κ3) is 3.09. The Labute approximate surface area is 132 Å². The van der Waals surface area contributed by atoms with Gasteiger partial charge in [0, 0.05) is 30.4 Å². The first-order valence-electron chi connectivity index (χ1n) is 6.96. The van der Waals surface area contributed by atoms with Gasteiger partial charge in [-0.2, -0.15) is 0 Å². The number of benzene rings is 1. The molecule has 1 N–H and O–H groups in total. The van der Waals surface area contributed by atoms with Gasteiger partial charge in [0.05, 0.1) is 0 Å². The Bertz CT molecular complexity index is 669. The van der Waals surface area contributed by atoms with Gasteiger partial charge in [0.1, 0.15) is 6.54 Å². The molecule has 114 valence electrons. The monoisotopic (exact) mass is 316 g/mol. The first-order valence-corrected chi connectivity index (χ1v) is 7.84. The Balaban J connectivity index is 1.61. The zero-order chi connectivity index (χ0) is 15.5. The van der Waals surface area contributed by atoms with Crippen molar-refractivity contribution in [2.75, 3.05) is 29.9 Å². The van der Waals surface area contributed by atoms with Gasteiger partial charge in [-0.25, -0.2) is 9.78 Å². The molecule has 0 spiro atoms. The van der Waals surface area contributed by atoms with Crippen molar-refractivity contribution < 1.29 is 9.59 Å². The van der Waals surface area contributed by atoms with E-state index in [4.69, 9.17) is 0 Å². The number of urea groups is 1. The fourth-order valence-corrected chi connectivity index (χ4v) is 2.86. The molecule has 1 aliphatic rings. The lowest BCUT2D eigenvalue weighted by molar-refractivity contribution is -0.116. The van der Waals surface area contributed by atoms with Gasteiger partial charge in [0.2, 0.25) is 5.91 Å². The normalized spacial score (nSPS) is 14.5. The molecule has 1 fully saturated rings. The Morgan fingerprint density at radius 3 is 2.77 bits per heavy atom. The Morgan fingerprint density at radius 2 is 2.09 bits per heavy atom. The van der Waals surface area contributed by atoms with Crippen molar-refractivity contribution in [1.82, 2.24) is 9.88 Å². The first-order chi connectivity index (χ1) is 10.6. The lowest BCUT2D eigenvalue weighted by Gasteiger charge is -2.18. The third-order valence-corrected chi connectivity index (χ3v) is 4.14. The van der Waals surface area contributed by atoms with Gasteiger partial charge in [0.15, 0.2) is 5.13 Å². The van der Waals surface area contributed by atoms with E-state index >= 15 is 0 Å². The zero-order valence-corrected chi connectivity index (χ0v) is 13.0. The van der Waals surface area contributed by atoms with E-state index in [2.05, 4.69) is 10.3 Å². The second-order valence-electron chi connectivity index (χ2n) is 5.08. The highest BCUT2D eigenvalue weighted by Gasteiger charge is 2.30. The quantitative estimate of drug-likeness (QED) is 0.941.